The second-order valence-electron chi connectivity index (χ2n) is 9.81. The van der Waals surface area contributed by atoms with Gasteiger partial charge in [-0.15, -0.1) is 0 Å². The summed E-state index contributed by atoms with van der Waals surface area (Å²) in [6.07, 6.45) is 3.91. The number of nitrogens with zero attached hydrogens (tertiary/aromatic N) is 2. The number of rotatable bonds is 11. The number of nitrogens with one attached hydrogen (secondary N) is 1. The van der Waals surface area contributed by atoms with Gasteiger partial charge in [0, 0.05) is 17.6 Å². The van der Waals surface area contributed by atoms with E-state index in [-0.39, 0.29) is 29.1 Å². The number of hydrogen-bond donors (Lipinski definition) is 1. The highest BCUT2D eigenvalue weighted by Crippen LogP contribution is 2.32. The Morgan fingerprint density at radius 3 is 2.25 bits per heavy atom. The number of para-hydroxylation sites is 2. The summed E-state index contributed by atoms with van der Waals surface area (Å²) in [6, 6.07) is 20.8. The average Bonchev–Trinajstić information content (AvgIpc) is 3.48. The number of anilines is 1. The number of halogens is 1. The van der Waals surface area contributed by atoms with E-state index < -0.39 is 28.5 Å². The minimum atomic E-state index is -4.17. The van der Waals surface area contributed by atoms with Crippen molar-refractivity contribution in [3.8, 4) is 5.75 Å². The molecule has 0 radical (unpaired) electrons. The Kier molecular flexibility index (Phi) is 9.71. The van der Waals surface area contributed by atoms with Crippen molar-refractivity contribution >= 4 is 39.1 Å². The van der Waals surface area contributed by atoms with Gasteiger partial charge in [0.05, 0.1) is 17.7 Å². The van der Waals surface area contributed by atoms with Gasteiger partial charge in [0.15, 0.2) is 0 Å². The second-order valence-corrected chi connectivity index (χ2v) is 12.1. The molecule has 1 saturated carbocycles. The quantitative estimate of drug-likeness (QED) is 0.342. The molecule has 1 N–H and O–H groups in total. The maximum absolute atomic E-state index is 14.0. The molecule has 0 aromatic heterocycles. The fourth-order valence-corrected chi connectivity index (χ4v) is 6.40. The molecule has 3 aromatic rings. The van der Waals surface area contributed by atoms with Gasteiger partial charge in [0.1, 0.15) is 18.3 Å². The monoisotopic (exact) mass is 583 g/mol. The van der Waals surface area contributed by atoms with Gasteiger partial charge in [-0.05, 0) is 61.7 Å². The molecule has 10 heteroatoms. The first-order valence-corrected chi connectivity index (χ1v) is 15.1. The van der Waals surface area contributed by atoms with E-state index in [4.69, 9.17) is 16.3 Å². The molecule has 0 bridgehead atoms. The minimum Gasteiger partial charge on any atom is -0.495 e. The summed E-state index contributed by atoms with van der Waals surface area (Å²) in [5.41, 5.74) is 0.977. The molecule has 1 atom stereocenters. The Labute approximate surface area is 240 Å². The summed E-state index contributed by atoms with van der Waals surface area (Å²) < 4.78 is 34.3. The van der Waals surface area contributed by atoms with Crippen LogP contribution in [0.15, 0.2) is 83.8 Å². The van der Waals surface area contributed by atoms with E-state index in [9.17, 15) is 18.0 Å². The Morgan fingerprint density at radius 1 is 0.975 bits per heavy atom. The molecule has 4 rings (SSSR count). The van der Waals surface area contributed by atoms with Crippen molar-refractivity contribution in [1.82, 2.24) is 10.2 Å². The molecule has 1 aliphatic rings. The van der Waals surface area contributed by atoms with Crippen molar-refractivity contribution in [2.45, 2.75) is 56.1 Å². The standard InChI is InChI=1S/C30H34ClN3O5S/c1-22(30(36)32-25-10-6-7-11-25)33(20-23-16-18-24(31)19-17-23)29(35)21-34(27-14-8-9-15-28(27)39-2)40(37,38)26-12-4-3-5-13-26/h3-5,8-9,12-19,22,25H,6-7,10-11,20-21H2,1-2H3,(H,32,36)/t22-/m0/s1. The zero-order valence-corrected chi connectivity index (χ0v) is 24.2. The molecule has 1 aliphatic carbocycles. The predicted molar refractivity (Wildman–Crippen MR) is 156 cm³/mol. The Morgan fingerprint density at radius 2 is 1.60 bits per heavy atom. The zero-order chi connectivity index (χ0) is 28.7. The van der Waals surface area contributed by atoms with Crippen LogP contribution >= 0.6 is 11.6 Å². The first-order valence-electron chi connectivity index (χ1n) is 13.3. The summed E-state index contributed by atoms with van der Waals surface area (Å²) in [7, 11) is -2.73. The topological polar surface area (TPSA) is 96.0 Å². The lowest BCUT2D eigenvalue weighted by molar-refractivity contribution is -0.139. The molecule has 0 unspecified atom stereocenters. The van der Waals surface area contributed by atoms with E-state index >= 15 is 0 Å². The molecule has 2 amide bonds. The zero-order valence-electron chi connectivity index (χ0n) is 22.6. The number of amides is 2. The van der Waals surface area contributed by atoms with Gasteiger partial charge < -0.3 is 15.0 Å². The van der Waals surface area contributed by atoms with E-state index in [1.165, 1.54) is 24.1 Å². The van der Waals surface area contributed by atoms with Crippen LogP contribution in [0, 0.1) is 0 Å². The van der Waals surface area contributed by atoms with Gasteiger partial charge in [-0.2, -0.15) is 0 Å². The molecule has 0 aliphatic heterocycles. The molecular weight excluding hydrogens is 550 g/mol. The molecule has 1 fully saturated rings. The van der Waals surface area contributed by atoms with Gasteiger partial charge in [-0.3, -0.25) is 13.9 Å². The Hall–Kier alpha value is -3.56. The van der Waals surface area contributed by atoms with E-state index in [2.05, 4.69) is 5.32 Å². The SMILES string of the molecule is COc1ccccc1N(CC(=O)N(Cc1ccc(Cl)cc1)[C@@H](C)C(=O)NC1CCCC1)S(=O)(=O)c1ccccc1. The highest BCUT2D eigenvalue weighted by Gasteiger charge is 2.34. The van der Waals surface area contributed by atoms with Crippen LogP contribution in [0.2, 0.25) is 5.02 Å². The van der Waals surface area contributed by atoms with Crippen molar-refractivity contribution in [1.29, 1.82) is 0 Å². The van der Waals surface area contributed by atoms with E-state index in [1.807, 2.05) is 0 Å². The third-order valence-corrected chi connectivity index (χ3v) is 9.12. The molecule has 212 valence electrons. The number of carbonyl (C=O) groups is 2. The third kappa shape index (κ3) is 6.95. The van der Waals surface area contributed by atoms with Crippen LogP contribution < -0.4 is 14.4 Å². The van der Waals surface area contributed by atoms with Gasteiger partial charge in [0.25, 0.3) is 10.0 Å². The van der Waals surface area contributed by atoms with Gasteiger partial charge in [-0.25, -0.2) is 8.42 Å². The molecule has 0 spiro atoms. The lowest BCUT2D eigenvalue weighted by Crippen LogP contribution is -2.52. The van der Waals surface area contributed by atoms with Crippen LogP contribution in [0.3, 0.4) is 0 Å². The van der Waals surface area contributed by atoms with Crippen LogP contribution in [0.25, 0.3) is 0 Å². The fraction of sp³-hybridized carbons (Fsp3) is 0.333. The first kappa shape index (κ1) is 29.4. The number of ether oxygens (including phenoxy) is 1. The van der Waals surface area contributed by atoms with Crippen LogP contribution in [0.4, 0.5) is 5.69 Å². The summed E-state index contributed by atoms with van der Waals surface area (Å²) in [6.45, 7) is 1.23. The smallest absolute Gasteiger partial charge is 0.264 e. The summed E-state index contributed by atoms with van der Waals surface area (Å²) >= 11 is 6.06. The fourth-order valence-electron chi connectivity index (χ4n) is 4.83. The molecule has 3 aromatic carbocycles. The maximum Gasteiger partial charge on any atom is 0.264 e. The van der Waals surface area contributed by atoms with Crippen LogP contribution in [-0.4, -0.2) is 50.9 Å². The number of methoxy groups -OCH3 is 1. The van der Waals surface area contributed by atoms with Crippen LogP contribution in [-0.2, 0) is 26.2 Å². The largest absolute Gasteiger partial charge is 0.495 e. The predicted octanol–water partition coefficient (Wildman–Crippen LogP) is 5.02. The Balaban J connectivity index is 1.70. The maximum atomic E-state index is 14.0. The van der Waals surface area contributed by atoms with Crippen molar-refractivity contribution in [2.24, 2.45) is 0 Å². The summed E-state index contributed by atoms with van der Waals surface area (Å²) in [4.78, 5) is 28.8. The number of benzene rings is 3. The molecule has 0 heterocycles. The minimum absolute atomic E-state index is 0.0324. The van der Waals surface area contributed by atoms with E-state index in [1.54, 1.807) is 73.7 Å². The second kappa shape index (κ2) is 13.2. The van der Waals surface area contributed by atoms with Gasteiger partial charge in [-0.1, -0.05) is 66.9 Å². The van der Waals surface area contributed by atoms with Gasteiger partial charge in [0.2, 0.25) is 11.8 Å². The Bertz CT molecular complexity index is 1410. The third-order valence-electron chi connectivity index (χ3n) is 7.10. The van der Waals surface area contributed by atoms with Crippen molar-refractivity contribution in [3.63, 3.8) is 0 Å². The first-order chi connectivity index (χ1) is 19.2. The van der Waals surface area contributed by atoms with E-state index in [0.29, 0.717) is 10.8 Å². The number of hydrogen-bond acceptors (Lipinski definition) is 5. The highest BCUT2D eigenvalue weighted by molar-refractivity contribution is 7.92. The van der Waals surface area contributed by atoms with Crippen molar-refractivity contribution < 1.29 is 22.7 Å². The highest BCUT2D eigenvalue weighted by atomic mass is 35.5. The normalized spacial score (nSPS) is 14.4. The van der Waals surface area contributed by atoms with Crippen molar-refractivity contribution in [3.05, 3.63) is 89.4 Å². The van der Waals surface area contributed by atoms with Gasteiger partial charge >= 0.3 is 0 Å². The average molecular weight is 584 g/mol. The van der Waals surface area contributed by atoms with Crippen LogP contribution in [0.1, 0.15) is 38.2 Å². The molecule has 40 heavy (non-hydrogen) atoms. The summed E-state index contributed by atoms with van der Waals surface area (Å²) in [5, 5.41) is 3.61. The number of carbonyl (C=O) groups excluding carboxylic acids is 2. The summed E-state index contributed by atoms with van der Waals surface area (Å²) in [5.74, 6) is -0.510. The molecule has 8 nitrogen and oxygen atoms in total. The van der Waals surface area contributed by atoms with Crippen molar-refractivity contribution in [2.75, 3.05) is 18.0 Å². The molecular formula is C30H34ClN3O5S. The van der Waals surface area contributed by atoms with E-state index in [0.717, 1.165) is 35.6 Å². The lowest BCUT2D eigenvalue weighted by atomic mass is 10.1. The lowest BCUT2D eigenvalue weighted by Gasteiger charge is -2.32. The van der Waals surface area contributed by atoms with Crippen LogP contribution in [0.5, 0.6) is 5.75 Å². The molecule has 0 saturated heterocycles. The number of sulfonamides is 1.